The zero-order chi connectivity index (χ0) is 15.1. The second-order valence-corrected chi connectivity index (χ2v) is 4.39. The maximum absolute atomic E-state index is 13.4. The Bertz CT molecular complexity index is 519. The molecule has 0 atom stereocenters. The molecule has 7 heteroatoms. The highest BCUT2D eigenvalue weighted by molar-refractivity contribution is 5.94. The first-order valence-electron chi connectivity index (χ1n) is 6.16. The maximum Gasteiger partial charge on any atom is 0.254 e. The van der Waals surface area contributed by atoms with Gasteiger partial charge in [-0.3, -0.25) is 4.79 Å². The minimum atomic E-state index is -0.887. The van der Waals surface area contributed by atoms with Crippen LogP contribution in [0.15, 0.2) is 17.3 Å². The van der Waals surface area contributed by atoms with Crippen LogP contribution in [-0.4, -0.2) is 23.5 Å². The van der Waals surface area contributed by atoms with Crippen molar-refractivity contribution in [2.24, 2.45) is 10.9 Å². The minimum Gasteiger partial charge on any atom is -0.409 e. The van der Waals surface area contributed by atoms with Gasteiger partial charge in [-0.1, -0.05) is 5.16 Å². The minimum absolute atomic E-state index is 0.122. The highest BCUT2D eigenvalue weighted by Crippen LogP contribution is 2.14. The number of amidine groups is 1. The van der Waals surface area contributed by atoms with Crippen molar-refractivity contribution in [2.75, 3.05) is 6.54 Å². The number of nitrogens with two attached hydrogens (primary N) is 1. The number of rotatable bonds is 6. The summed E-state index contributed by atoms with van der Waals surface area (Å²) in [6.45, 7) is 1.79. The van der Waals surface area contributed by atoms with E-state index >= 15 is 0 Å². The molecule has 0 saturated heterocycles. The highest BCUT2D eigenvalue weighted by Gasteiger charge is 2.13. The van der Waals surface area contributed by atoms with Crippen LogP contribution in [-0.2, 0) is 0 Å². The summed E-state index contributed by atoms with van der Waals surface area (Å²) in [5, 5.41) is 13.7. The van der Waals surface area contributed by atoms with Crippen LogP contribution in [0.1, 0.15) is 35.2 Å². The summed E-state index contributed by atoms with van der Waals surface area (Å²) in [5.74, 6) is -2.04. The number of hydrogen-bond donors (Lipinski definition) is 3. The van der Waals surface area contributed by atoms with E-state index in [1.165, 1.54) is 13.0 Å². The number of hydrogen-bond acceptors (Lipinski definition) is 3. The van der Waals surface area contributed by atoms with Crippen molar-refractivity contribution in [1.29, 1.82) is 0 Å². The third-order valence-electron chi connectivity index (χ3n) is 2.77. The standard InChI is InChI=1S/C13H17F2N3O2/c1-8-6-9(11(15)7-10(8)14)13(19)17-5-3-2-4-12(16)18-20/h6-7,20H,2-5H2,1H3,(H2,16,18)(H,17,19). The van der Waals surface area contributed by atoms with Crippen LogP contribution in [0.2, 0.25) is 0 Å². The number of nitrogens with zero attached hydrogens (tertiary/aromatic N) is 1. The number of amides is 1. The van der Waals surface area contributed by atoms with Crippen molar-refractivity contribution in [3.05, 3.63) is 34.9 Å². The number of oxime groups is 1. The van der Waals surface area contributed by atoms with Crippen LogP contribution in [0.25, 0.3) is 0 Å². The molecule has 1 rings (SSSR count). The molecule has 0 aliphatic heterocycles. The second kappa shape index (κ2) is 7.42. The van der Waals surface area contributed by atoms with E-state index in [4.69, 9.17) is 10.9 Å². The smallest absolute Gasteiger partial charge is 0.254 e. The van der Waals surface area contributed by atoms with E-state index in [1.54, 1.807) is 0 Å². The number of halogens is 2. The van der Waals surface area contributed by atoms with E-state index < -0.39 is 17.5 Å². The van der Waals surface area contributed by atoms with Gasteiger partial charge in [0.15, 0.2) is 0 Å². The molecule has 1 amide bonds. The summed E-state index contributed by atoms with van der Waals surface area (Å²) in [7, 11) is 0. The predicted molar refractivity (Wildman–Crippen MR) is 70.7 cm³/mol. The maximum atomic E-state index is 13.4. The van der Waals surface area contributed by atoms with Gasteiger partial charge in [-0.15, -0.1) is 0 Å². The van der Waals surface area contributed by atoms with Gasteiger partial charge in [0.2, 0.25) is 0 Å². The third-order valence-corrected chi connectivity index (χ3v) is 2.77. The first-order valence-corrected chi connectivity index (χ1v) is 6.16. The fourth-order valence-electron chi connectivity index (χ4n) is 1.61. The van der Waals surface area contributed by atoms with E-state index in [9.17, 15) is 13.6 Å². The number of benzene rings is 1. The summed E-state index contributed by atoms with van der Waals surface area (Å²) in [4.78, 5) is 11.7. The predicted octanol–water partition coefficient (Wildman–Crippen LogP) is 1.92. The molecule has 0 unspecified atom stereocenters. The largest absolute Gasteiger partial charge is 0.409 e. The molecular weight excluding hydrogens is 268 g/mol. The van der Waals surface area contributed by atoms with Crippen LogP contribution < -0.4 is 11.1 Å². The lowest BCUT2D eigenvalue weighted by Gasteiger charge is -2.07. The molecular formula is C13H17F2N3O2. The third kappa shape index (κ3) is 4.49. The van der Waals surface area contributed by atoms with Crippen molar-refractivity contribution in [3.63, 3.8) is 0 Å². The Morgan fingerprint density at radius 3 is 2.70 bits per heavy atom. The Balaban J connectivity index is 2.46. The monoisotopic (exact) mass is 285 g/mol. The summed E-state index contributed by atoms with van der Waals surface area (Å²) in [6.07, 6.45) is 1.64. The number of nitrogens with one attached hydrogen (secondary N) is 1. The van der Waals surface area contributed by atoms with Crippen LogP contribution in [0.5, 0.6) is 0 Å². The molecule has 20 heavy (non-hydrogen) atoms. The zero-order valence-corrected chi connectivity index (χ0v) is 11.1. The Hall–Kier alpha value is -2.18. The van der Waals surface area contributed by atoms with E-state index in [0.29, 0.717) is 31.9 Å². The van der Waals surface area contributed by atoms with Gasteiger partial charge in [-0.05, 0) is 31.4 Å². The summed E-state index contributed by atoms with van der Waals surface area (Å²) < 4.78 is 26.5. The fourth-order valence-corrected chi connectivity index (χ4v) is 1.61. The molecule has 110 valence electrons. The van der Waals surface area contributed by atoms with E-state index in [0.717, 1.165) is 0 Å². The molecule has 1 aromatic carbocycles. The summed E-state index contributed by atoms with van der Waals surface area (Å²) >= 11 is 0. The van der Waals surface area contributed by atoms with E-state index in [2.05, 4.69) is 10.5 Å². The summed E-state index contributed by atoms with van der Waals surface area (Å²) in [6, 6.07) is 1.87. The van der Waals surface area contributed by atoms with Gasteiger partial charge >= 0.3 is 0 Å². The second-order valence-electron chi connectivity index (χ2n) is 4.39. The average molecular weight is 285 g/mol. The van der Waals surface area contributed by atoms with Gasteiger partial charge in [0, 0.05) is 19.0 Å². The van der Waals surface area contributed by atoms with Gasteiger partial charge in [0.25, 0.3) is 5.91 Å². The number of carbonyl (C=O) groups is 1. The van der Waals surface area contributed by atoms with Crippen molar-refractivity contribution < 1.29 is 18.8 Å². The van der Waals surface area contributed by atoms with Crippen molar-refractivity contribution in [2.45, 2.75) is 26.2 Å². The molecule has 4 N–H and O–H groups in total. The van der Waals surface area contributed by atoms with Gasteiger partial charge in [-0.2, -0.15) is 0 Å². The lowest BCUT2D eigenvalue weighted by Crippen LogP contribution is -2.26. The molecule has 0 saturated carbocycles. The fraction of sp³-hybridized carbons (Fsp3) is 0.385. The number of unbranched alkanes of at least 4 members (excludes halogenated alkanes) is 1. The van der Waals surface area contributed by atoms with Crippen LogP contribution in [0, 0.1) is 18.6 Å². The SMILES string of the molecule is Cc1cc(C(=O)NCCCC/C(N)=N/O)c(F)cc1F. The Morgan fingerprint density at radius 2 is 2.05 bits per heavy atom. The normalized spacial score (nSPS) is 11.4. The van der Waals surface area contributed by atoms with Gasteiger partial charge in [-0.25, -0.2) is 8.78 Å². The van der Waals surface area contributed by atoms with Gasteiger partial charge in [0.1, 0.15) is 17.5 Å². The average Bonchev–Trinajstić information content (AvgIpc) is 2.41. The molecule has 0 fully saturated rings. The van der Waals surface area contributed by atoms with Crippen LogP contribution in [0.4, 0.5) is 8.78 Å². The molecule has 0 aromatic heterocycles. The Kier molecular flexibility index (Phi) is 5.89. The van der Waals surface area contributed by atoms with E-state index in [-0.39, 0.29) is 17.0 Å². The van der Waals surface area contributed by atoms with E-state index in [1.807, 2.05) is 0 Å². The summed E-state index contributed by atoms with van der Waals surface area (Å²) in [5.41, 5.74) is 5.32. The molecule has 0 bridgehead atoms. The quantitative estimate of drug-likeness (QED) is 0.245. The number of carbonyl (C=O) groups excluding carboxylic acids is 1. The number of aryl methyl sites for hydroxylation is 1. The molecule has 5 nitrogen and oxygen atoms in total. The van der Waals surface area contributed by atoms with Crippen molar-refractivity contribution in [1.82, 2.24) is 5.32 Å². The van der Waals surface area contributed by atoms with Crippen molar-refractivity contribution >= 4 is 11.7 Å². The first kappa shape index (κ1) is 15.9. The first-order chi connectivity index (χ1) is 9.45. The lowest BCUT2D eigenvalue weighted by atomic mass is 10.1. The topological polar surface area (TPSA) is 87.7 Å². The van der Waals surface area contributed by atoms with Crippen LogP contribution >= 0.6 is 0 Å². The molecule has 0 spiro atoms. The van der Waals surface area contributed by atoms with Crippen molar-refractivity contribution in [3.8, 4) is 0 Å². The Morgan fingerprint density at radius 1 is 1.35 bits per heavy atom. The lowest BCUT2D eigenvalue weighted by molar-refractivity contribution is 0.0949. The van der Waals surface area contributed by atoms with Crippen LogP contribution in [0.3, 0.4) is 0 Å². The molecule has 0 heterocycles. The Labute approximate surface area is 115 Å². The molecule has 0 aliphatic carbocycles. The molecule has 0 aliphatic rings. The van der Waals surface area contributed by atoms with Gasteiger partial charge < -0.3 is 16.3 Å². The zero-order valence-electron chi connectivity index (χ0n) is 11.1. The molecule has 0 radical (unpaired) electrons. The highest BCUT2D eigenvalue weighted by atomic mass is 19.1. The van der Waals surface area contributed by atoms with Gasteiger partial charge in [0.05, 0.1) is 5.56 Å². The molecule has 1 aromatic rings.